The molecule has 1 aliphatic carbocycles. The number of ketones is 1. The number of carbonyl (C=O) groups excluding carboxylic acids is 1. The number of hydrogen-bond acceptors (Lipinski definition) is 6. The largest absolute Gasteiger partial charge is 0.490 e. The van der Waals surface area contributed by atoms with Crippen LogP contribution in [0.2, 0.25) is 0 Å². The first-order valence-electron chi connectivity index (χ1n) is 12.0. The van der Waals surface area contributed by atoms with E-state index >= 15 is 0 Å². The van der Waals surface area contributed by atoms with Crippen LogP contribution in [0.1, 0.15) is 30.4 Å². The Morgan fingerprint density at radius 2 is 1.72 bits per heavy atom. The molecule has 0 amide bonds. The van der Waals surface area contributed by atoms with Crippen molar-refractivity contribution in [1.29, 1.82) is 0 Å². The number of aryl methyl sites for hydroxylation is 1. The smallest absolute Gasteiger partial charge is 0.414 e. The van der Waals surface area contributed by atoms with E-state index in [4.69, 9.17) is 24.5 Å². The van der Waals surface area contributed by atoms with Crippen molar-refractivity contribution >= 4 is 28.6 Å². The molecule has 2 aromatic carbocycles. The number of hydrogen-bond donors (Lipinski definition) is 4. The normalized spacial score (nSPS) is 17.6. The van der Waals surface area contributed by atoms with Crippen LogP contribution in [0.5, 0.6) is 5.75 Å². The highest BCUT2D eigenvalue weighted by Gasteiger charge is 2.45. The average molecular weight is 495 g/mol. The Labute approximate surface area is 208 Å². The summed E-state index contributed by atoms with van der Waals surface area (Å²) >= 11 is 0. The molecular weight excluding hydrogens is 464 g/mol. The number of aliphatic hydroxyl groups excluding tert-OH is 1. The summed E-state index contributed by atoms with van der Waals surface area (Å²) < 4.78 is 5.90. The zero-order valence-corrected chi connectivity index (χ0v) is 19.9. The number of aromatic amines is 1. The minimum Gasteiger partial charge on any atom is -0.490 e. The third-order valence-corrected chi connectivity index (χ3v) is 7.04. The van der Waals surface area contributed by atoms with Gasteiger partial charge >= 0.3 is 11.9 Å². The van der Waals surface area contributed by atoms with Gasteiger partial charge in [0.25, 0.3) is 0 Å². The van der Waals surface area contributed by atoms with Crippen LogP contribution >= 0.6 is 0 Å². The number of nitrogens with one attached hydrogen (secondary N) is 1. The van der Waals surface area contributed by atoms with E-state index in [9.17, 15) is 9.90 Å². The maximum absolute atomic E-state index is 12.9. The second kappa shape index (κ2) is 10.9. The Balaban J connectivity index is 0.000000455. The van der Waals surface area contributed by atoms with Crippen LogP contribution in [0, 0.1) is 0 Å². The minimum atomic E-state index is -1.82. The molecule has 3 aromatic rings. The second-order valence-electron chi connectivity index (χ2n) is 9.23. The standard InChI is InChI=1S/C25H28N2O3.C2H2O4/c28-19(17-30-23-7-3-6-22-20(23)10-13-26-22)16-27-14-11-25(12-15-27)21-5-2-1-4-18(21)8-9-24(25)29;3-1(4)2(5)6/h1-7,10,13,19,26,28H,8-9,11-12,14-17H2;(H,3,4)(H,5,6)/t19-;/m0./s1. The maximum Gasteiger partial charge on any atom is 0.414 e. The second-order valence-corrected chi connectivity index (χ2v) is 9.23. The Kier molecular flexibility index (Phi) is 7.71. The fourth-order valence-corrected chi connectivity index (χ4v) is 5.23. The molecule has 9 heteroatoms. The molecule has 2 aliphatic rings. The van der Waals surface area contributed by atoms with Gasteiger partial charge in [-0.05, 0) is 61.7 Å². The molecule has 0 unspecified atom stereocenters. The van der Waals surface area contributed by atoms with Crippen LogP contribution < -0.4 is 4.74 Å². The van der Waals surface area contributed by atoms with Gasteiger partial charge < -0.3 is 29.9 Å². The first kappa shape index (κ1) is 25.4. The molecule has 4 N–H and O–H groups in total. The number of aromatic nitrogens is 1. The van der Waals surface area contributed by atoms with Gasteiger partial charge in [0, 0.05) is 30.1 Å². The summed E-state index contributed by atoms with van der Waals surface area (Å²) in [5, 5.41) is 26.4. The molecule has 5 rings (SSSR count). The van der Waals surface area contributed by atoms with Crippen molar-refractivity contribution in [2.45, 2.75) is 37.2 Å². The van der Waals surface area contributed by atoms with Gasteiger partial charge in [-0.1, -0.05) is 30.3 Å². The molecule has 1 fully saturated rings. The number of H-pyrrole nitrogens is 1. The summed E-state index contributed by atoms with van der Waals surface area (Å²) in [4.78, 5) is 36.6. The Bertz CT molecular complexity index is 1230. The number of ether oxygens (including phenoxy) is 1. The molecule has 2 heterocycles. The number of aliphatic carboxylic acids is 2. The van der Waals surface area contributed by atoms with Gasteiger partial charge in [0.15, 0.2) is 0 Å². The molecule has 0 radical (unpaired) electrons. The third-order valence-electron chi connectivity index (χ3n) is 7.04. The molecule has 0 saturated carbocycles. The number of carboxylic acids is 2. The van der Waals surface area contributed by atoms with Gasteiger partial charge in [-0.25, -0.2) is 9.59 Å². The van der Waals surface area contributed by atoms with Crippen LogP contribution in [0.15, 0.2) is 54.7 Å². The molecule has 36 heavy (non-hydrogen) atoms. The van der Waals surface area contributed by atoms with Gasteiger partial charge in [-0.2, -0.15) is 0 Å². The highest BCUT2D eigenvalue weighted by Crippen LogP contribution is 2.42. The highest BCUT2D eigenvalue weighted by atomic mass is 16.5. The van der Waals surface area contributed by atoms with E-state index in [0.717, 1.165) is 49.0 Å². The topological polar surface area (TPSA) is 140 Å². The van der Waals surface area contributed by atoms with Crippen molar-refractivity contribution in [3.8, 4) is 5.75 Å². The number of nitrogens with zero attached hydrogens (tertiary/aromatic N) is 1. The van der Waals surface area contributed by atoms with Crippen LogP contribution in [-0.2, 0) is 26.2 Å². The number of benzene rings is 2. The van der Waals surface area contributed by atoms with E-state index in [2.05, 4.69) is 34.1 Å². The molecular formula is C27H30N2O7. The predicted molar refractivity (Wildman–Crippen MR) is 132 cm³/mol. The minimum absolute atomic E-state index is 0.258. The zero-order valence-electron chi connectivity index (χ0n) is 19.9. The van der Waals surface area contributed by atoms with E-state index in [0.29, 0.717) is 18.7 Å². The quantitative estimate of drug-likeness (QED) is 0.397. The van der Waals surface area contributed by atoms with Gasteiger partial charge in [0.05, 0.1) is 5.41 Å². The van der Waals surface area contributed by atoms with E-state index < -0.39 is 18.0 Å². The summed E-state index contributed by atoms with van der Waals surface area (Å²) in [6, 6.07) is 16.3. The van der Waals surface area contributed by atoms with Gasteiger partial charge in [-0.15, -0.1) is 0 Å². The van der Waals surface area contributed by atoms with E-state index in [1.807, 2.05) is 30.5 Å². The number of aliphatic hydroxyl groups is 1. The van der Waals surface area contributed by atoms with Crippen molar-refractivity contribution in [2.24, 2.45) is 0 Å². The molecule has 1 atom stereocenters. The lowest BCUT2D eigenvalue weighted by atomic mass is 9.64. The molecule has 1 aliphatic heterocycles. The van der Waals surface area contributed by atoms with Crippen molar-refractivity contribution in [3.63, 3.8) is 0 Å². The summed E-state index contributed by atoms with van der Waals surface area (Å²) in [5.74, 6) is -2.47. The summed E-state index contributed by atoms with van der Waals surface area (Å²) in [6.45, 7) is 2.47. The number of piperidine rings is 1. The maximum atomic E-state index is 12.9. The summed E-state index contributed by atoms with van der Waals surface area (Å²) in [5.41, 5.74) is 3.28. The first-order valence-corrected chi connectivity index (χ1v) is 12.0. The lowest BCUT2D eigenvalue weighted by Gasteiger charge is -2.44. The highest BCUT2D eigenvalue weighted by molar-refractivity contribution is 6.27. The van der Waals surface area contributed by atoms with Crippen LogP contribution in [0.3, 0.4) is 0 Å². The number of carbonyl (C=O) groups is 3. The number of Topliss-reactive ketones (excluding diaryl/α,β-unsaturated/α-hetero) is 1. The average Bonchev–Trinajstić information content (AvgIpc) is 3.36. The first-order chi connectivity index (χ1) is 17.3. The molecule has 1 spiro atoms. The van der Waals surface area contributed by atoms with Crippen LogP contribution in [-0.4, -0.2) is 75.3 Å². The number of likely N-dealkylation sites (tertiary alicyclic amines) is 1. The number of rotatable bonds is 5. The molecule has 1 aromatic heterocycles. The van der Waals surface area contributed by atoms with Crippen molar-refractivity contribution in [3.05, 3.63) is 65.9 Å². The molecule has 9 nitrogen and oxygen atoms in total. The lowest BCUT2D eigenvalue weighted by Crippen LogP contribution is -2.51. The van der Waals surface area contributed by atoms with Crippen molar-refractivity contribution in [2.75, 3.05) is 26.2 Å². The third kappa shape index (κ3) is 5.42. The SMILES string of the molecule is O=C(O)C(=O)O.O=C1CCc2ccccc2C12CCN(C[C@H](O)COc1cccc3[nH]ccc13)CC2. The van der Waals surface area contributed by atoms with Gasteiger partial charge in [-0.3, -0.25) is 4.79 Å². The van der Waals surface area contributed by atoms with Gasteiger partial charge in [0.1, 0.15) is 24.2 Å². The Hall–Kier alpha value is -3.69. The fraction of sp³-hybridized carbons (Fsp3) is 0.370. The Morgan fingerprint density at radius 1 is 1.00 bits per heavy atom. The molecule has 190 valence electrons. The monoisotopic (exact) mass is 494 g/mol. The number of β-amino-alcohol motifs (C(OH)–C–C–N with tert-alkyl or cyclic N) is 1. The predicted octanol–water partition coefficient (Wildman–Crippen LogP) is 2.61. The van der Waals surface area contributed by atoms with Gasteiger partial charge in [0.2, 0.25) is 0 Å². The number of fused-ring (bicyclic) bond motifs is 3. The summed E-state index contributed by atoms with van der Waals surface area (Å²) in [6.07, 6.45) is 4.51. The van der Waals surface area contributed by atoms with Crippen molar-refractivity contribution in [1.82, 2.24) is 9.88 Å². The summed E-state index contributed by atoms with van der Waals surface area (Å²) in [7, 11) is 0. The fourth-order valence-electron chi connectivity index (χ4n) is 5.23. The van der Waals surface area contributed by atoms with E-state index in [-0.39, 0.29) is 12.0 Å². The molecule has 0 bridgehead atoms. The van der Waals surface area contributed by atoms with Crippen molar-refractivity contribution < 1.29 is 34.4 Å². The number of carboxylic acid groups (broad SMARTS) is 2. The Morgan fingerprint density at radius 3 is 2.44 bits per heavy atom. The van der Waals surface area contributed by atoms with Crippen LogP contribution in [0.4, 0.5) is 0 Å². The lowest BCUT2D eigenvalue weighted by molar-refractivity contribution is -0.159. The van der Waals surface area contributed by atoms with E-state index in [1.165, 1.54) is 11.1 Å². The van der Waals surface area contributed by atoms with Crippen LogP contribution in [0.25, 0.3) is 10.9 Å². The molecule has 1 saturated heterocycles. The van der Waals surface area contributed by atoms with E-state index in [1.54, 1.807) is 0 Å². The zero-order chi connectivity index (χ0) is 25.7.